The van der Waals surface area contributed by atoms with E-state index in [1.165, 1.54) is 39.3 Å². The van der Waals surface area contributed by atoms with Gasteiger partial charge in [-0.1, -0.05) is 37.6 Å². The Bertz CT molecular complexity index is 568. The summed E-state index contributed by atoms with van der Waals surface area (Å²) in [6.45, 7) is 11.1. The number of aryl methyl sites for hydroxylation is 3. The lowest BCUT2D eigenvalue weighted by molar-refractivity contribution is 0.494. The van der Waals surface area contributed by atoms with Gasteiger partial charge in [0.2, 0.25) is 0 Å². The highest BCUT2D eigenvalue weighted by Gasteiger charge is 2.14. The predicted molar refractivity (Wildman–Crippen MR) is 94.2 cm³/mol. The van der Waals surface area contributed by atoms with E-state index >= 15 is 0 Å². The molecule has 0 aliphatic carbocycles. The Morgan fingerprint density at radius 2 is 1.71 bits per heavy atom. The van der Waals surface area contributed by atoms with Crippen LogP contribution < -0.4 is 5.32 Å². The molecule has 1 N–H and O–H groups in total. The molecule has 2 rings (SSSR count). The number of hydrogen-bond donors (Lipinski definition) is 1. The number of nitrogens with one attached hydrogen (secondary N) is 1. The van der Waals surface area contributed by atoms with Crippen molar-refractivity contribution in [1.82, 2.24) is 5.32 Å². The SMILES string of the molecule is CCCc1ccc(C(C)NC(C)c2cc(C)sc2C)cc1. The molecule has 0 fully saturated rings. The maximum Gasteiger partial charge on any atom is 0.0308 e. The van der Waals surface area contributed by atoms with Crippen LogP contribution in [0.5, 0.6) is 0 Å². The van der Waals surface area contributed by atoms with E-state index in [0.29, 0.717) is 12.1 Å². The normalized spacial score (nSPS) is 14.1. The van der Waals surface area contributed by atoms with Crippen molar-refractivity contribution >= 4 is 11.3 Å². The molecule has 0 aliphatic heterocycles. The molecule has 21 heavy (non-hydrogen) atoms. The average molecular weight is 301 g/mol. The van der Waals surface area contributed by atoms with Crippen molar-refractivity contribution in [2.75, 3.05) is 0 Å². The molecule has 2 unspecified atom stereocenters. The number of hydrogen-bond acceptors (Lipinski definition) is 2. The lowest BCUT2D eigenvalue weighted by Crippen LogP contribution is -2.22. The van der Waals surface area contributed by atoms with Crippen LogP contribution in [0.3, 0.4) is 0 Å². The Labute approximate surface area is 133 Å². The number of rotatable bonds is 6. The van der Waals surface area contributed by atoms with Crippen LogP contribution in [0.2, 0.25) is 0 Å². The highest BCUT2D eigenvalue weighted by molar-refractivity contribution is 7.12. The summed E-state index contributed by atoms with van der Waals surface area (Å²) in [5.41, 5.74) is 4.24. The Morgan fingerprint density at radius 1 is 1.05 bits per heavy atom. The van der Waals surface area contributed by atoms with E-state index in [9.17, 15) is 0 Å². The fourth-order valence-electron chi connectivity index (χ4n) is 2.90. The third-order valence-corrected chi connectivity index (χ3v) is 5.05. The van der Waals surface area contributed by atoms with Crippen LogP contribution in [-0.2, 0) is 6.42 Å². The summed E-state index contributed by atoms with van der Waals surface area (Å²) in [7, 11) is 0. The van der Waals surface area contributed by atoms with Gasteiger partial charge in [0.25, 0.3) is 0 Å². The van der Waals surface area contributed by atoms with Gasteiger partial charge in [-0.05, 0) is 56.9 Å². The Morgan fingerprint density at radius 3 is 2.24 bits per heavy atom. The summed E-state index contributed by atoms with van der Waals surface area (Å²) in [6, 6.07) is 12.1. The molecule has 114 valence electrons. The summed E-state index contributed by atoms with van der Waals surface area (Å²) < 4.78 is 0. The molecule has 1 aromatic carbocycles. The van der Waals surface area contributed by atoms with E-state index in [4.69, 9.17) is 0 Å². The van der Waals surface area contributed by atoms with E-state index in [2.05, 4.69) is 70.3 Å². The maximum absolute atomic E-state index is 3.72. The first-order valence-corrected chi connectivity index (χ1v) is 8.74. The third kappa shape index (κ3) is 4.18. The first-order valence-electron chi connectivity index (χ1n) is 7.93. The van der Waals surface area contributed by atoms with Crippen LogP contribution in [0.4, 0.5) is 0 Å². The zero-order chi connectivity index (χ0) is 15.4. The van der Waals surface area contributed by atoms with Crippen molar-refractivity contribution < 1.29 is 0 Å². The minimum atomic E-state index is 0.371. The van der Waals surface area contributed by atoms with Crippen molar-refractivity contribution in [3.63, 3.8) is 0 Å². The molecule has 0 saturated carbocycles. The molecule has 0 spiro atoms. The smallest absolute Gasteiger partial charge is 0.0308 e. The minimum Gasteiger partial charge on any atom is -0.304 e. The fraction of sp³-hybridized carbons (Fsp3) is 0.474. The molecule has 0 radical (unpaired) electrons. The Kier molecular flexibility index (Phi) is 5.60. The van der Waals surface area contributed by atoms with Crippen molar-refractivity contribution in [3.05, 3.63) is 56.8 Å². The van der Waals surface area contributed by atoms with Gasteiger partial charge in [0, 0.05) is 21.8 Å². The first-order chi connectivity index (χ1) is 10.0. The number of thiophene rings is 1. The van der Waals surface area contributed by atoms with Gasteiger partial charge < -0.3 is 5.32 Å². The molecule has 0 aliphatic rings. The van der Waals surface area contributed by atoms with Gasteiger partial charge in [0.15, 0.2) is 0 Å². The van der Waals surface area contributed by atoms with Crippen LogP contribution in [0.25, 0.3) is 0 Å². The molecule has 2 heteroatoms. The zero-order valence-electron chi connectivity index (χ0n) is 13.9. The third-order valence-electron chi connectivity index (χ3n) is 4.06. The molecule has 1 heterocycles. The van der Waals surface area contributed by atoms with Crippen LogP contribution in [0.1, 0.15) is 65.7 Å². The zero-order valence-corrected chi connectivity index (χ0v) is 14.7. The monoisotopic (exact) mass is 301 g/mol. The second-order valence-electron chi connectivity index (χ2n) is 5.97. The van der Waals surface area contributed by atoms with E-state index in [1.807, 2.05) is 11.3 Å². The highest BCUT2D eigenvalue weighted by Crippen LogP contribution is 2.28. The van der Waals surface area contributed by atoms with Crippen LogP contribution >= 0.6 is 11.3 Å². The van der Waals surface area contributed by atoms with Crippen molar-refractivity contribution in [3.8, 4) is 0 Å². The van der Waals surface area contributed by atoms with Crippen molar-refractivity contribution in [1.29, 1.82) is 0 Å². The molecule has 2 atom stereocenters. The second kappa shape index (κ2) is 7.24. The van der Waals surface area contributed by atoms with Crippen LogP contribution in [0, 0.1) is 13.8 Å². The average Bonchev–Trinajstić information content (AvgIpc) is 2.79. The summed E-state index contributed by atoms with van der Waals surface area (Å²) in [5.74, 6) is 0. The first kappa shape index (κ1) is 16.3. The Balaban J connectivity index is 2.03. The highest BCUT2D eigenvalue weighted by atomic mass is 32.1. The number of benzene rings is 1. The lowest BCUT2D eigenvalue weighted by atomic mass is 10.0. The van der Waals surface area contributed by atoms with Crippen LogP contribution in [0.15, 0.2) is 30.3 Å². The quantitative estimate of drug-likeness (QED) is 0.718. The molecular weight excluding hydrogens is 274 g/mol. The largest absolute Gasteiger partial charge is 0.304 e. The molecule has 1 nitrogen and oxygen atoms in total. The molecule has 1 aromatic heterocycles. The molecule has 2 aromatic rings. The van der Waals surface area contributed by atoms with Crippen molar-refractivity contribution in [2.24, 2.45) is 0 Å². The molecule has 0 bridgehead atoms. The van der Waals surface area contributed by atoms with Gasteiger partial charge in [-0.3, -0.25) is 0 Å². The predicted octanol–water partition coefficient (Wildman–Crippen LogP) is 5.73. The van der Waals surface area contributed by atoms with Gasteiger partial charge in [-0.2, -0.15) is 0 Å². The second-order valence-corrected chi connectivity index (χ2v) is 7.43. The van der Waals surface area contributed by atoms with Gasteiger partial charge >= 0.3 is 0 Å². The van der Waals surface area contributed by atoms with Gasteiger partial charge in [-0.15, -0.1) is 11.3 Å². The summed E-state index contributed by atoms with van der Waals surface area (Å²) in [6.07, 6.45) is 2.38. The minimum absolute atomic E-state index is 0.371. The van der Waals surface area contributed by atoms with E-state index < -0.39 is 0 Å². The molecule has 0 saturated heterocycles. The molecular formula is C19H27NS. The van der Waals surface area contributed by atoms with Crippen molar-refractivity contribution in [2.45, 2.75) is 59.5 Å². The van der Waals surface area contributed by atoms with E-state index in [0.717, 1.165) is 0 Å². The Hall–Kier alpha value is -1.12. The standard InChI is InChI=1S/C19H27NS/c1-6-7-17-8-10-18(11-9-17)14(3)20-15(4)19-12-13(2)21-16(19)5/h8-12,14-15,20H,6-7H2,1-5H3. The molecule has 0 amide bonds. The summed E-state index contributed by atoms with van der Waals surface area (Å²) in [4.78, 5) is 2.82. The van der Waals surface area contributed by atoms with Gasteiger partial charge in [0.1, 0.15) is 0 Å². The topological polar surface area (TPSA) is 12.0 Å². The van der Waals surface area contributed by atoms with E-state index in [-0.39, 0.29) is 0 Å². The van der Waals surface area contributed by atoms with Gasteiger partial charge in [-0.25, -0.2) is 0 Å². The summed E-state index contributed by atoms with van der Waals surface area (Å²) in [5, 5.41) is 3.72. The van der Waals surface area contributed by atoms with E-state index in [1.54, 1.807) is 0 Å². The lowest BCUT2D eigenvalue weighted by Gasteiger charge is -2.21. The fourth-order valence-corrected chi connectivity index (χ4v) is 3.93. The summed E-state index contributed by atoms with van der Waals surface area (Å²) >= 11 is 1.89. The van der Waals surface area contributed by atoms with Gasteiger partial charge in [0.05, 0.1) is 0 Å². The maximum atomic E-state index is 3.72. The van der Waals surface area contributed by atoms with Crippen LogP contribution in [-0.4, -0.2) is 0 Å².